The standard InChI is InChI=1S/C38H24O/c1-3-13-25(14-4-1)33-23-27(24-34-28-17-11-12-22-35(28)39-38(33)34)37-31-20-9-7-18-29(31)36(26-15-5-2-6-16-26)30-19-8-10-21-32(30)37/h1-24H/i1D,3D,4D,11D,12D,13D,14D,17D,22D,23D,24D. The molecule has 0 aliphatic rings. The van der Waals surface area contributed by atoms with E-state index >= 15 is 0 Å². The first-order chi connectivity index (χ1) is 24.0. The molecule has 0 saturated heterocycles. The van der Waals surface area contributed by atoms with Gasteiger partial charge in [-0.25, -0.2) is 0 Å². The Labute approximate surface area is 242 Å². The van der Waals surface area contributed by atoms with Crippen LogP contribution in [-0.2, 0) is 0 Å². The number of benzene rings is 7. The minimum absolute atomic E-state index is 0.0555. The summed E-state index contributed by atoms with van der Waals surface area (Å²) in [6.07, 6.45) is 0. The highest BCUT2D eigenvalue weighted by atomic mass is 16.3. The third kappa shape index (κ3) is 3.41. The molecule has 182 valence electrons. The summed E-state index contributed by atoms with van der Waals surface area (Å²) in [5, 5.41) is 2.88. The molecule has 1 heterocycles. The quantitative estimate of drug-likeness (QED) is 0.217. The molecule has 8 rings (SSSR count). The Bertz CT molecular complexity index is 2680. The minimum atomic E-state index is -0.631. The van der Waals surface area contributed by atoms with Crippen molar-refractivity contribution in [3.8, 4) is 33.4 Å². The molecule has 0 unspecified atom stereocenters. The second kappa shape index (κ2) is 8.72. The van der Waals surface area contributed by atoms with E-state index in [2.05, 4.69) is 0 Å². The Morgan fingerprint density at radius 3 is 1.67 bits per heavy atom. The average molecular weight is 508 g/mol. The SMILES string of the molecule is [2H]c1c([2H])c([2H])c(-c2c([2H])c(-c3c4ccccc4c(-c4ccccc4)c4ccccc34)c([2H])c3c2oc2c([2H])c([2H])c([2H])c([2H])c23)c([2H])c1[2H]. The van der Waals surface area contributed by atoms with Gasteiger partial charge in [-0.2, -0.15) is 0 Å². The van der Waals surface area contributed by atoms with Gasteiger partial charge in [-0.1, -0.05) is 127 Å². The molecule has 8 aromatic rings. The van der Waals surface area contributed by atoms with Crippen molar-refractivity contribution in [1.82, 2.24) is 0 Å². The predicted octanol–water partition coefficient (Wildman–Crippen LogP) is 10.9. The van der Waals surface area contributed by atoms with Crippen LogP contribution in [0.4, 0.5) is 0 Å². The summed E-state index contributed by atoms with van der Waals surface area (Å²) in [4.78, 5) is 0. The molecular formula is C38H24O. The van der Waals surface area contributed by atoms with E-state index in [9.17, 15) is 2.74 Å². The molecule has 0 aliphatic heterocycles. The van der Waals surface area contributed by atoms with E-state index < -0.39 is 54.4 Å². The molecule has 1 heteroatoms. The Morgan fingerprint density at radius 2 is 1.00 bits per heavy atom. The fraction of sp³-hybridized carbons (Fsp3) is 0. The molecular weight excluding hydrogens is 472 g/mol. The maximum absolute atomic E-state index is 9.78. The topological polar surface area (TPSA) is 13.1 Å². The largest absolute Gasteiger partial charge is 0.455 e. The van der Waals surface area contributed by atoms with Crippen LogP contribution in [-0.4, -0.2) is 0 Å². The molecule has 7 aromatic carbocycles. The van der Waals surface area contributed by atoms with Crippen molar-refractivity contribution in [2.24, 2.45) is 0 Å². The third-order valence-electron chi connectivity index (χ3n) is 7.06. The number of hydrogen-bond donors (Lipinski definition) is 0. The van der Waals surface area contributed by atoms with E-state index in [1.54, 1.807) is 0 Å². The van der Waals surface area contributed by atoms with Gasteiger partial charge in [0.25, 0.3) is 0 Å². The van der Waals surface area contributed by atoms with Crippen molar-refractivity contribution in [2.45, 2.75) is 0 Å². The fourth-order valence-electron chi connectivity index (χ4n) is 5.44. The Balaban J connectivity index is 1.67. The van der Waals surface area contributed by atoms with Crippen LogP contribution in [0.5, 0.6) is 0 Å². The zero-order valence-electron chi connectivity index (χ0n) is 31.4. The van der Waals surface area contributed by atoms with E-state index in [-0.39, 0.29) is 50.7 Å². The second-order valence-electron chi connectivity index (χ2n) is 9.22. The van der Waals surface area contributed by atoms with Gasteiger partial charge in [0.15, 0.2) is 0 Å². The number of rotatable bonds is 3. The highest BCUT2D eigenvalue weighted by molar-refractivity contribution is 6.22. The molecule has 0 N–H and O–H groups in total. The molecule has 0 radical (unpaired) electrons. The molecule has 0 bridgehead atoms. The van der Waals surface area contributed by atoms with Crippen LogP contribution < -0.4 is 0 Å². The van der Waals surface area contributed by atoms with E-state index in [4.69, 9.17) is 16.8 Å². The van der Waals surface area contributed by atoms with Crippen molar-refractivity contribution < 1.29 is 19.5 Å². The number of fused-ring (bicyclic) bond motifs is 5. The van der Waals surface area contributed by atoms with Gasteiger partial charge in [0, 0.05) is 16.3 Å². The summed E-state index contributed by atoms with van der Waals surface area (Å²) in [6.45, 7) is 0. The summed E-state index contributed by atoms with van der Waals surface area (Å²) in [5.74, 6) is 0. The number of furan rings is 1. The monoisotopic (exact) mass is 507 g/mol. The lowest BCUT2D eigenvalue weighted by atomic mass is 9.85. The lowest BCUT2D eigenvalue weighted by Crippen LogP contribution is -1.91. The Hall–Kier alpha value is -5.14. The molecule has 1 nitrogen and oxygen atoms in total. The first-order valence-corrected chi connectivity index (χ1v) is 12.5. The fourth-order valence-corrected chi connectivity index (χ4v) is 5.44. The highest BCUT2D eigenvalue weighted by Crippen LogP contribution is 2.46. The van der Waals surface area contributed by atoms with Crippen molar-refractivity contribution >= 4 is 43.5 Å². The maximum atomic E-state index is 9.78. The lowest BCUT2D eigenvalue weighted by molar-refractivity contribution is 0.670. The second-order valence-corrected chi connectivity index (χ2v) is 9.22. The van der Waals surface area contributed by atoms with Gasteiger partial charge in [0.05, 0.1) is 15.1 Å². The third-order valence-corrected chi connectivity index (χ3v) is 7.06. The normalized spacial score (nSPS) is 15.5. The zero-order valence-corrected chi connectivity index (χ0v) is 20.4. The summed E-state index contributed by atoms with van der Waals surface area (Å²) in [7, 11) is 0. The van der Waals surface area contributed by atoms with Crippen LogP contribution in [0.15, 0.2) is 150 Å². The van der Waals surface area contributed by atoms with E-state index in [0.29, 0.717) is 16.3 Å². The predicted molar refractivity (Wildman–Crippen MR) is 165 cm³/mol. The van der Waals surface area contributed by atoms with Crippen LogP contribution in [0, 0.1) is 0 Å². The minimum Gasteiger partial charge on any atom is -0.455 e. The molecule has 1 aromatic heterocycles. The van der Waals surface area contributed by atoms with Crippen molar-refractivity contribution in [1.29, 1.82) is 0 Å². The van der Waals surface area contributed by atoms with E-state index in [1.165, 1.54) is 0 Å². The summed E-state index contributed by atoms with van der Waals surface area (Å²) in [6, 6.07) is 19.3. The number of hydrogen-bond acceptors (Lipinski definition) is 1. The molecule has 39 heavy (non-hydrogen) atoms. The van der Waals surface area contributed by atoms with E-state index in [1.807, 2.05) is 78.9 Å². The summed E-state index contributed by atoms with van der Waals surface area (Å²) in [5.41, 5.74) is 1.38. The maximum Gasteiger partial charge on any atom is 0.143 e. The highest BCUT2D eigenvalue weighted by Gasteiger charge is 2.20. The summed E-state index contributed by atoms with van der Waals surface area (Å²) >= 11 is 0. The van der Waals surface area contributed by atoms with Crippen LogP contribution in [0.25, 0.3) is 76.9 Å². The van der Waals surface area contributed by atoms with Gasteiger partial charge >= 0.3 is 0 Å². The van der Waals surface area contributed by atoms with E-state index in [0.717, 1.165) is 21.9 Å². The molecule has 0 spiro atoms. The lowest BCUT2D eigenvalue weighted by Gasteiger charge is -2.18. The summed E-state index contributed by atoms with van der Waals surface area (Å²) < 4.78 is 103. The van der Waals surface area contributed by atoms with Crippen LogP contribution >= 0.6 is 0 Å². The zero-order chi connectivity index (χ0) is 35.3. The number of para-hydroxylation sites is 1. The Kier molecular flexibility index (Phi) is 3.04. The van der Waals surface area contributed by atoms with Crippen LogP contribution in [0.1, 0.15) is 15.1 Å². The first-order valence-electron chi connectivity index (χ1n) is 18.0. The van der Waals surface area contributed by atoms with Crippen LogP contribution in [0.3, 0.4) is 0 Å². The van der Waals surface area contributed by atoms with Gasteiger partial charge in [0.2, 0.25) is 0 Å². The molecule has 0 amide bonds. The average Bonchev–Trinajstić information content (AvgIpc) is 3.54. The van der Waals surface area contributed by atoms with Gasteiger partial charge in [0.1, 0.15) is 11.2 Å². The van der Waals surface area contributed by atoms with Crippen LogP contribution in [0.2, 0.25) is 0 Å². The van der Waals surface area contributed by atoms with Gasteiger partial charge in [-0.15, -0.1) is 0 Å². The van der Waals surface area contributed by atoms with Gasteiger partial charge in [-0.05, 0) is 67.5 Å². The molecule has 0 fully saturated rings. The smallest absolute Gasteiger partial charge is 0.143 e. The Morgan fingerprint density at radius 1 is 0.436 bits per heavy atom. The molecule has 0 aliphatic carbocycles. The van der Waals surface area contributed by atoms with Crippen molar-refractivity contribution in [3.05, 3.63) is 145 Å². The molecule has 0 atom stereocenters. The van der Waals surface area contributed by atoms with Crippen molar-refractivity contribution in [3.63, 3.8) is 0 Å². The first kappa shape index (κ1) is 13.6. The van der Waals surface area contributed by atoms with Crippen molar-refractivity contribution in [2.75, 3.05) is 0 Å². The molecule has 0 saturated carbocycles. The van der Waals surface area contributed by atoms with Gasteiger partial charge in [-0.3, -0.25) is 0 Å². The van der Waals surface area contributed by atoms with Gasteiger partial charge < -0.3 is 4.42 Å².